The van der Waals surface area contributed by atoms with Gasteiger partial charge in [0, 0.05) is 19.6 Å². The molecule has 1 saturated heterocycles. The summed E-state index contributed by atoms with van der Waals surface area (Å²) in [7, 11) is 0. The smallest absolute Gasteiger partial charge is 0.416 e. The van der Waals surface area contributed by atoms with Crippen LogP contribution in [0.5, 0.6) is 0 Å². The Kier molecular flexibility index (Phi) is 5.53. The van der Waals surface area contributed by atoms with Crippen LogP contribution in [0.1, 0.15) is 34.5 Å². The fourth-order valence-electron chi connectivity index (χ4n) is 3.12. The predicted molar refractivity (Wildman–Crippen MR) is 90.6 cm³/mol. The van der Waals surface area contributed by atoms with E-state index in [0.29, 0.717) is 24.9 Å². The lowest BCUT2D eigenvalue weighted by molar-refractivity contribution is -0.137. The van der Waals surface area contributed by atoms with Gasteiger partial charge in [0.2, 0.25) is 5.91 Å². The Morgan fingerprint density at radius 3 is 2.74 bits per heavy atom. The van der Waals surface area contributed by atoms with E-state index in [1.807, 2.05) is 0 Å². The van der Waals surface area contributed by atoms with Gasteiger partial charge in [-0.3, -0.25) is 9.59 Å². The fraction of sp³-hybridized carbons (Fsp3) is 0.368. The van der Waals surface area contributed by atoms with Gasteiger partial charge in [-0.1, -0.05) is 12.1 Å². The highest BCUT2D eigenvalue weighted by Crippen LogP contribution is 2.29. The zero-order chi connectivity index (χ0) is 19.4. The van der Waals surface area contributed by atoms with Gasteiger partial charge in [0.25, 0.3) is 5.91 Å². The van der Waals surface area contributed by atoms with Crippen LogP contribution in [-0.2, 0) is 17.5 Å². The molecule has 1 aromatic heterocycles. The summed E-state index contributed by atoms with van der Waals surface area (Å²) in [5, 5.41) is 2.67. The van der Waals surface area contributed by atoms with Crippen molar-refractivity contribution in [2.45, 2.75) is 25.6 Å². The first-order valence-electron chi connectivity index (χ1n) is 8.61. The third-order valence-electron chi connectivity index (χ3n) is 4.53. The lowest BCUT2D eigenvalue weighted by Crippen LogP contribution is -2.45. The molecule has 144 valence electrons. The van der Waals surface area contributed by atoms with Gasteiger partial charge < -0.3 is 14.6 Å². The molecule has 1 aromatic carbocycles. The van der Waals surface area contributed by atoms with Crippen molar-refractivity contribution in [3.05, 3.63) is 59.5 Å². The molecule has 1 atom stereocenters. The number of amides is 2. The Balaban J connectivity index is 1.57. The molecule has 2 heterocycles. The highest BCUT2D eigenvalue weighted by molar-refractivity contribution is 5.92. The number of piperidine rings is 1. The molecule has 1 N–H and O–H groups in total. The second-order valence-corrected chi connectivity index (χ2v) is 6.48. The highest BCUT2D eigenvalue weighted by Gasteiger charge is 2.31. The quantitative estimate of drug-likeness (QED) is 0.884. The van der Waals surface area contributed by atoms with Crippen LogP contribution < -0.4 is 5.32 Å². The number of rotatable bonds is 4. The van der Waals surface area contributed by atoms with E-state index >= 15 is 0 Å². The van der Waals surface area contributed by atoms with Gasteiger partial charge in [-0.25, -0.2) is 0 Å². The number of carbonyl (C=O) groups is 2. The van der Waals surface area contributed by atoms with Crippen molar-refractivity contribution in [2.24, 2.45) is 5.92 Å². The molecule has 1 aliphatic heterocycles. The lowest BCUT2D eigenvalue weighted by atomic mass is 9.96. The molecule has 1 unspecified atom stereocenters. The van der Waals surface area contributed by atoms with Gasteiger partial charge in [0.15, 0.2) is 5.76 Å². The van der Waals surface area contributed by atoms with Gasteiger partial charge in [0.05, 0.1) is 17.7 Å². The summed E-state index contributed by atoms with van der Waals surface area (Å²) in [6.07, 6.45) is -1.71. The first kappa shape index (κ1) is 19.0. The van der Waals surface area contributed by atoms with Crippen molar-refractivity contribution in [2.75, 3.05) is 13.1 Å². The van der Waals surface area contributed by atoms with E-state index in [9.17, 15) is 22.8 Å². The Morgan fingerprint density at radius 1 is 1.22 bits per heavy atom. The molecule has 0 aliphatic carbocycles. The molecule has 0 spiro atoms. The number of hydrogen-bond acceptors (Lipinski definition) is 3. The molecule has 2 aromatic rings. The van der Waals surface area contributed by atoms with Crippen molar-refractivity contribution in [1.82, 2.24) is 10.2 Å². The summed E-state index contributed by atoms with van der Waals surface area (Å²) >= 11 is 0. The van der Waals surface area contributed by atoms with E-state index < -0.39 is 17.7 Å². The lowest BCUT2D eigenvalue weighted by Gasteiger charge is -2.31. The van der Waals surface area contributed by atoms with E-state index in [-0.39, 0.29) is 30.7 Å². The number of nitrogens with one attached hydrogen (secondary N) is 1. The zero-order valence-electron chi connectivity index (χ0n) is 14.5. The number of hydrogen-bond donors (Lipinski definition) is 1. The normalized spacial score (nSPS) is 17.6. The summed E-state index contributed by atoms with van der Waals surface area (Å²) in [5.41, 5.74) is -0.375. The van der Waals surface area contributed by atoms with Crippen molar-refractivity contribution in [3.63, 3.8) is 0 Å². The molecule has 1 fully saturated rings. The van der Waals surface area contributed by atoms with Crippen LogP contribution in [0.25, 0.3) is 0 Å². The highest BCUT2D eigenvalue weighted by atomic mass is 19.4. The summed E-state index contributed by atoms with van der Waals surface area (Å²) < 4.78 is 43.4. The number of benzene rings is 1. The Hall–Kier alpha value is -2.77. The van der Waals surface area contributed by atoms with Crippen LogP contribution in [0.4, 0.5) is 13.2 Å². The van der Waals surface area contributed by atoms with Gasteiger partial charge in [-0.2, -0.15) is 13.2 Å². The molecule has 8 heteroatoms. The molecule has 27 heavy (non-hydrogen) atoms. The van der Waals surface area contributed by atoms with Crippen molar-refractivity contribution >= 4 is 11.8 Å². The summed E-state index contributed by atoms with van der Waals surface area (Å²) in [6.45, 7) is 0.802. The maximum atomic E-state index is 12.8. The predicted octanol–water partition coefficient (Wildman–Crippen LogP) is 3.47. The van der Waals surface area contributed by atoms with Crippen LogP contribution in [0.15, 0.2) is 47.1 Å². The van der Waals surface area contributed by atoms with Gasteiger partial charge in [0.1, 0.15) is 0 Å². The Labute approximate surface area is 154 Å². The molecule has 0 bridgehead atoms. The minimum absolute atomic E-state index is 0.00534. The Morgan fingerprint density at radius 2 is 2.04 bits per heavy atom. The largest absolute Gasteiger partial charge is 0.459 e. The number of halogens is 3. The second-order valence-electron chi connectivity index (χ2n) is 6.48. The monoisotopic (exact) mass is 380 g/mol. The average Bonchev–Trinajstić information content (AvgIpc) is 3.20. The number of furan rings is 1. The Bertz CT molecular complexity index is 803. The van der Waals surface area contributed by atoms with Crippen LogP contribution >= 0.6 is 0 Å². The minimum atomic E-state index is -4.42. The van der Waals surface area contributed by atoms with Crippen LogP contribution in [0.3, 0.4) is 0 Å². The third-order valence-corrected chi connectivity index (χ3v) is 4.53. The van der Waals surface area contributed by atoms with Gasteiger partial charge >= 0.3 is 6.18 Å². The van der Waals surface area contributed by atoms with E-state index in [0.717, 1.165) is 12.1 Å². The van der Waals surface area contributed by atoms with Crippen LogP contribution in [0, 0.1) is 5.92 Å². The van der Waals surface area contributed by atoms with Crippen molar-refractivity contribution in [1.29, 1.82) is 0 Å². The molecule has 0 radical (unpaired) electrons. The summed E-state index contributed by atoms with van der Waals surface area (Å²) in [4.78, 5) is 26.3. The van der Waals surface area contributed by atoms with E-state index in [4.69, 9.17) is 4.42 Å². The molecular weight excluding hydrogens is 361 g/mol. The maximum Gasteiger partial charge on any atom is 0.416 e. The molecule has 0 saturated carbocycles. The SMILES string of the molecule is O=C(NCc1cccc(C(F)(F)F)c1)C1CCCN(C(=O)c2ccco2)C1. The minimum Gasteiger partial charge on any atom is -0.459 e. The van der Waals surface area contributed by atoms with E-state index in [2.05, 4.69) is 5.32 Å². The second kappa shape index (κ2) is 7.85. The average molecular weight is 380 g/mol. The zero-order valence-corrected chi connectivity index (χ0v) is 14.5. The standard InChI is InChI=1S/C19H19F3N2O3/c20-19(21,22)15-6-1-4-13(10-15)11-23-17(25)14-5-2-8-24(12-14)18(26)16-7-3-9-27-16/h1,3-4,6-7,9-10,14H,2,5,8,11-12H2,(H,23,25). The van der Waals surface area contributed by atoms with Crippen LogP contribution in [0.2, 0.25) is 0 Å². The molecule has 3 rings (SSSR count). The summed E-state index contributed by atoms with van der Waals surface area (Å²) in [6, 6.07) is 8.05. The number of nitrogens with zero attached hydrogens (tertiary/aromatic N) is 1. The van der Waals surface area contributed by atoms with Crippen molar-refractivity contribution in [3.8, 4) is 0 Å². The molecule has 2 amide bonds. The molecular formula is C19H19F3N2O3. The molecule has 1 aliphatic rings. The van der Waals surface area contributed by atoms with Crippen molar-refractivity contribution < 1.29 is 27.2 Å². The number of alkyl halides is 3. The first-order valence-corrected chi connectivity index (χ1v) is 8.61. The summed E-state index contributed by atoms with van der Waals surface area (Å²) in [5.74, 6) is -0.719. The van der Waals surface area contributed by atoms with Gasteiger partial charge in [-0.15, -0.1) is 0 Å². The van der Waals surface area contributed by atoms with E-state index in [1.165, 1.54) is 18.4 Å². The fourth-order valence-corrected chi connectivity index (χ4v) is 3.12. The topological polar surface area (TPSA) is 62.6 Å². The molecule has 5 nitrogen and oxygen atoms in total. The van der Waals surface area contributed by atoms with Gasteiger partial charge in [-0.05, 0) is 42.7 Å². The van der Waals surface area contributed by atoms with Crippen LogP contribution in [-0.4, -0.2) is 29.8 Å². The first-order chi connectivity index (χ1) is 12.8. The van der Waals surface area contributed by atoms with E-state index in [1.54, 1.807) is 17.0 Å². The number of carbonyl (C=O) groups excluding carboxylic acids is 2. The number of likely N-dealkylation sites (tertiary alicyclic amines) is 1. The third kappa shape index (κ3) is 4.69. The maximum absolute atomic E-state index is 12.8.